The van der Waals surface area contributed by atoms with Crippen LogP contribution in [0.2, 0.25) is 0 Å². The molecule has 186 valence electrons. The monoisotopic (exact) mass is 509 g/mol. The van der Waals surface area contributed by atoms with Crippen LogP contribution in [0.1, 0.15) is 57.1 Å². The number of aryl methyl sites for hydroxylation is 1. The van der Waals surface area contributed by atoms with E-state index in [9.17, 15) is 13.0 Å². The van der Waals surface area contributed by atoms with Gasteiger partial charge in [0.05, 0.1) is 4.90 Å². The first kappa shape index (κ1) is 27.9. The van der Waals surface area contributed by atoms with Gasteiger partial charge in [0.25, 0.3) is 5.92 Å². The summed E-state index contributed by atoms with van der Waals surface area (Å²) in [5, 5.41) is 3.68. The van der Waals surface area contributed by atoms with Gasteiger partial charge in [-0.25, -0.2) is 18.0 Å². The van der Waals surface area contributed by atoms with E-state index in [0.29, 0.717) is 28.4 Å². The number of piperidine rings is 1. The molecule has 3 heterocycles. The molecule has 3 aromatic rings. The molecule has 1 aliphatic carbocycles. The number of aromatic nitrogens is 3. The molecular formula is C24H33F2N5OS2. The van der Waals surface area contributed by atoms with E-state index in [1.807, 2.05) is 32.0 Å². The van der Waals surface area contributed by atoms with Crippen LogP contribution in [0, 0.1) is 0 Å². The Morgan fingerprint density at radius 1 is 1.06 bits per heavy atom. The van der Waals surface area contributed by atoms with Crippen LogP contribution in [0.25, 0.3) is 0 Å². The Kier molecular flexibility index (Phi) is 12.8. The Morgan fingerprint density at radius 2 is 1.79 bits per heavy atom. The minimum absolute atomic E-state index is 0.00587. The summed E-state index contributed by atoms with van der Waals surface area (Å²) in [5.41, 5.74) is 0.631. The van der Waals surface area contributed by atoms with Crippen molar-refractivity contribution in [3.63, 3.8) is 0 Å². The van der Waals surface area contributed by atoms with Crippen LogP contribution in [0.4, 0.5) is 13.9 Å². The van der Waals surface area contributed by atoms with E-state index in [4.69, 9.17) is 0 Å². The van der Waals surface area contributed by atoms with Crippen molar-refractivity contribution < 1.29 is 13.0 Å². The highest BCUT2D eigenvalue weighted by molar-refractivity contribution is 7.86. The fraction of sp³-hybridized carbons (Fsp3) is 0.458. The van der Waals surface area contributed by atoms with E-state index in [1.54, 1.807) is 24.5 Å². The minimum Gasteiger partial charge on any atom is -0.317 e. The maximum absolute atomic E-state index is 13.9. The molecule has 0 spiro atoms. The smallest absolute Gasteiger partial charge is 0.273 e. The van der Waals surface area contributed by atoms with Crippen LogP contribution >= 0.6 is 11.5 Å². The topological polar surface area (TPSA) is 79.8 Å². The Bertz CT molecular complexity index is 917. The second-order valence-electron chi connectivity index (χ2n) is 7.33. The van der Waals surface area contributed by atoms with Gasteiger partial charge in [-0.1, -0.05) is 32.4 Å². The second kappa shape index (κ2) is 15.6. The summed E-state index contributed by atoms with van der Waals surface area (Å²) in [6, 6.07) is 10.3. The number of rotatable bonds is 3. The normalized spacial score (nSPS) is 16.6. The van der Waals surface area contributed by atoms with Crippen LogP contribution in [-0.2, 0) is 23.3 Å². The summed E-state index contributed by atoms with van der Waals surface area (Å²) in [4.78, 5) is 7.96. The zero-order valence-electron chi connectivity index (χ0n) is 19.7. The molecule has 0 amide bonds. The van der Waals surface area contributed by atoms with Crippen molar-refractivity contribution in [3.8, 4) is 0 Å². The molecule has 5 rings (SSSR count). The van der Waals surface area contributed by atoms with Crippen molar-refractivity contribution in [1.29, 1.82) is 0 Å². The highest BCUT2D eigenvalue weighted by atomic mass is 32.2. The lowest BCUT2D eigenvalue weighted by atomic mass is 9.89. The number of alkyl halides is 2. The minimum atomic E-state index is -2.84. The average Bonchev–Trinajstić information content (AvgIpc) is 3.41. The standard InChI is InChI=1S/C12H11F2N3OS2.C5H11N.C5H5N.C2H6/c13-12(14)5-1-2-8-3-4-9(6-10(8)12)20(18)17-11-15-7-16-19-11;2*1-2-4-6-5-3-1;1-2/h3-4,6-7H,1-2,5H2,(H,15,16,17);6H,1-5H2;1-5H;1-2H3. The molecule has 0 radical (unpaired) electrons. The van der Waals surface area contributed by atoms with Gasteiger partial charge >= 0.3 is 0 Å². The molecule has 1 aromatic carbocycles. The number of halogens is 2. The molecule has 2 N–H and O–H groups in total. The zero-order chi connectivity index (χ0) is 24.7. The number of hydrogen-bond acceptors (Lipinski definition) is 6. The maximum Gasteiger partial charge on any atom is 0.273 e. The van der Waals surface area contributed by atoms with Crippen molar-refractivity contribution in [1.82, 2.24) is 19.7 Å². The number of pyridine rings is 1. The number of nitrogens with zero attached hydrogens (tertiary/aromatic N) is 3. The molecule has 1 fully saturated rings. The van der Waals surface area contributed by atoms with E-state index < -0.39 is 16.9 Å². The van der Waals surface area contributed by atoms with Crippen molar-refractivity contribution in [2.75, 3.05) is 17.8 Å². The summed E-state index contributed by atoms with van der Waals surface area (Å²) < 4.78 is 46.3. The van der Waals surface area contributed by atoms with E-state index >= 15 is 0 Å². The van der Waals surface area contributed by atoms with Gasteiger partial charge < -0.3 is 5.32 Å². The fourth-order valence-electron chi connectivity index (χ4n) is 3.34. The van der Waals surface area contributed by atoms with Crippen LogP contribution in [0.3, 0.4) is 0 Å². The number of anilines is 1. The van der Waals surface area contributed by atoms with Gasteiger partial charge in [0.1, 0.15) is 6.33 Å². The van der Waals surface area contributed by atoms with E-state index in [-0.39, 0.29) is 12.0 Å². The number of fused-ring (bicyclic) bond motifs is 1. The number of hydrogen-bond donors (Lipinski definition) is 2. The average molecular weight is 510 g/mol. The third kappa shape index (κ3) is 9.52. The highest BCUT2D eigenvalue weighted by Gasteiger charge is 2.36. The fourth-order valence-corrected chi connectivity index (χ4v) is 4.75. The van der Waals surface area contributed by atoms with E-state index in [2.05, 4.69) is 24.4 Å². The Hall–Kier alpha value is -2.30. The first-order valence-corrected chi connectivity index (χ1v) is 13.5. The van der Waals surface area contributed by atoms with Gasteiger partial charge in [-0.2, -0.15) is 4.37 Å². The quantitative estimate of drug-likeness (QED) is 0.455. The second-order valence-corrected chi connectivity index (χ2v) is 9.32. The summed E-state index contributed by atoms with van der Waals surface area (Å²) in [7, 11) is -1.62. The molecule has 1 saturated heterocycles. The number of benzene rings is 1. The van der Waals surface area contributed by atoms with Crippen LogP contribution < -0.4 is 10.0 Å². The van der Waals surface area contributed by atoms with Crippen molar-refractivity contribution >= 4 is 27.6 Å². The lowest BCUT2D eigenvalue weighted by Gasteiger charge is -2.25. The van der Waals surface area contributed by atoms with Crippen LogP contribution in [0.15, 0.2) is 60.0 Å². The predicted molar refractivity (Wildman–Crippen MR) is 136 cm³/mol. The van der Waals surface area contributed by atoms with Crippen LogP contribution in [0.5, 0.6) is 0 Å². The largest absolute Gasteiger partial charge is 0.317 e. The molecule has 1 unspecified atom stereocenters. The Morgan fingerprint density at radius 3 is 2.29 bits per heavy atom. The lowest BCUT2D eigenvalue weighted by Crippen LogP contribution is -2.21. The van der Waals surface area contributed by atoms with Gasteiger partial charge in [-0.3, -0.25) is 9.71 Å². The van der Waals surface area contributed by atoms with E-state index in [0.717, 1.165) is 11.5 Å². The summed E-state index contributed by atoms with van der Waals surface area (Å²) in [6.07, 6.45) is 10.0. The summed E-state index contributed by atoms with van der Waals surface area (Å²) in [6.45, 7) is 6.50. The highest BCUT2D eigenvalue weighted by Crippen LogP contribution is 2.40. The van der Waals surface area contributed by atoms with Gasteiger partial charge in [-0.05, 0) is 68.6 Å². The van der Waals surface area contributed by atoms with Gasteiger partial charge in [0, 0.05) is 35.9 Å². The SMILES string of the molecule is C1CCNCC1.CC.O=S(Nc1ncns1)c1ccc2c(c1)C(F)(F)CCC2.c1ccncc1. The first-order valence-electron chi connectivity index (χ1n) is 11.6. The zero-order valence-corrected chi connectivity index (χ0v) is 21.3. The van der Waals surface area contributed by atoms with Crippen molar-refractivity contribution in [2.45, 2.75) is 63.2 Å². The van der Waals surface area contributed by atoms with E-state index in [1.165, 1.54) is 44.7 Å². The van der Waals surface area contributed by atoms with Gasteiger partial charge in [-0.15, -0.1) is 0 Å². The van der Waals surface area contributed by atoms with Gasteiger partial charge in [0.2, 0.25) is 5.13 Å². The van der Waals surface area contributed by atoms with Crippen LogP contribution in [-0.4, -0.2) is 31.6 Å². The molecule has 1 atom stereocenters. The van der Waals surface area contributed by atoms with Crippen molar-refractivity contribution in [3.05, 3.63) is 66.2 Å². The molecule has 34 heavy (non-hydrogen) atoms. The number of nitrogens with one attached hydrogen (secondary N) is 2. The molecule has 0 bridgehead atoms. The van der Waals surface area contributed by atoms with Crippen molar-refractivity contribution in [2.24, 2.45) is 0 Å². The third-order valence-corrected chi connectivity index (χ3v) is 6.71. The third-order valence-electron chi connectivity index (χ3n) is 4.94. The molecule has 6 nitrogen and oxygen atoms in total. The Labute approximate surface area is 207 Å². The predicted octanol–water partition coefficient (Wildman–Crippen LogP) is 5.97. The molecule has 0 saturated carbocycles. The Balaban J connectivity index is 0.000000237. The summed E-state index contributed by atoms with van der Waals surface area (Å²) in [5.74, 6) is -2.84. The summed E-state index contributed by atoms with van der Waals surface area (Å²) >= 11 is 1.06. The molecule has 1 aliphatic heterocycles. The molecule has 10 heteroatoms. The first-order chi connectivity index (χ1) is 16.6. The molecular weight excluding hydrogens is 476 g/mol. The molecule has 2 aromatic heterocycles. The lowest BCUT2D eigenvalue weighted by molar-refractivity contribution is -0.0218. The molecule has 2 aliphatic rings. The maximum atomic E-state index is 13.9. The van der Waals surface area contributed by atoms with Gasteiger partial charge in [0.15, 0.2) is 11.0 Å².